The van der Waals surface area contributed by atoms with Crippen molar-refractivity contribution < 1.29 is 17.1 Å². The number of nitrogens with zero attached hydrogens (tertiary/aromatic N) is 5. The lowest BCUT2D eigenvalue weighted by Crippen LogP contribution is -2.46. The van der Waals surface area contributed by atoms with Gasteiger partial charge in [-0.2, -0.15) is 4.31 Å². The van der Waals surface area contributed by atoms with Crippen molar-refractivity contribution >= 4 is 15.8 Å². The molecule has 1 aliphatic heterocycles. The largest absolute Gasteiger partial charge is 0.414 e. The SMILES string of the molecule is Nc1ncc(-c2ccc(S(=O)(=O)N3CCNCC3)cc2)nc1-c1nnc(-c2ccccc2)o1.[HH].[HH].[HH]. The van der Waals surface area contributed by atoms with E-state index in [0.29, 0.717) is 43.3 Å². The van der Waals surface area contributed by atoms with Gasteiger partial charge in [0.25, 0.3) is 5.89 Å². The first-order chi connectivity index (χ1) is 16.0. The van der Waals surface area contributed by atoms with E-state index in [-0.39, 0.29) is 26.6 Å². The molecule has 3 N–H and O–H groups in total. The van der Waals surface area contributed by atoms with Gasteiger partial charge in [0.1, 0.15) is 0 Å². The Morgan fingerprint density at radius 2 is 1.64 bits per heavy atom. The first-order valence-electron chi connectivity index (χ1n) is 10.4. The Morgan fingerprint density at radius 1 is 0.939 bits per heavy atom. The average Bonchev–Trinajstić information content (AvgIpc) is 3.36. The van der Waals surface area contributed by atoms with Gasteiger partial charge in [-0.3, -0.25) is 0 Å². The summed E-state index contributed by atoms with van der Waals surface area (Å²) in [5.74, 6) is 0.651. The zero-order valence-electron chi connectivity index (χ0n) is 17.5. The van der Waals surface area contributed by atoms with Gasteiger partial charge < -0.3 is 15.5 Å². The second kappa shape index (κ2) is 8.70. The van der Waals surface area contributed by atoms with Crippen molar-refractivity contribution in [2.75, 3.05) is 31.9 Å². The summed E-state index contributed by atoms with van der Waals surface area (Å²) in [5.41, 5.74) is 8.25. The summed E-state index contributed by atoms with van der Waals surface area (Å²) in [6, 6.07) is 15.9. The molecule has 0 spiro atoms. The molecule has 0 aliphatic carbocycles. The molecule has 174 valence electrons. The molecule has 11 heteroatoms. The van der Waals surface area contributed by atoms with Crippen molar-refractivity contribution in [1.29, 1.82) is 0 Å². The first kappa shape index (κ1) is 21.2. The third-order valence-electron chi connectivity index (χ3n) is 5.31. The Labute approximate surface area is 195 Å². The van der Waals surface area contributed by atoms with Gasteiger partial charge in [-0.15, -0.1) is 10.2 Å². The molecule has 2 aromatic carbocycles. The van der Waals surface area contributed by atoms with Gasteiger partial charge in [0.05, 0.1) is 16.8 Å². The third-order valence-corrected chi connectivity index (χ3v) is 7.23. The van der Waals surface area contributed by atoms with Gasteiger partial charge in [-0.25, -0.2) is 18.4 Å². The smallest absolute Gasteiger partial charge is 0.270 e. The normalized spacial score (nSPS) is 14.9. The molecule has 0 saturated carbocycles. The lowest BCUT2D eigenvalue weighted by Gasteiger charge is -2.26. The van der Waals surface area contributed by atoms with Crippen molar-refractivity contribution in [1.82, 2.24) is 29.8 Å². The van der Waals surface area contributed by atoms with Crippen LogP contribution < -0.4 is 11.1 Å². The fourth-order valence-corrected chi connectivity index (χ4v) is 4.98. The minimum absolute atomic E-state index is 0. The molecule has 1 fully saturated rings. The van der Waals surface area contributed by atoms with E-state index in [0.717, 1.165) is 5.56 Å². The number of rotatable bonds is 5. The molecular weight excluding hydrogens is 442 g/mol. The Hall–Kier alpha value is -3.67. The van der Waals surface area contributed by atoms with Crippen molar-refractivity contribution in [2.24, 2.45) is 0 Å². The fraction of sp³-hybridized carbons (Fsp3) is 0.182. The predicted octanol–water partition coefficient (Wildman–Crippen LogP) is 2.77. The molecule has 1 saturated heterocycles. The number of piperazine rings is 1. The summed E-state index contributed by atoms with van der Waals surface area (Å²) >= 11 is 0. The molecule has 10 nitrogen and oxygen atoms in total. The van der Waals surface area contributed by atoms with E-state index in [2.05, 4.69) is 25.5 Å². The Bertz CT molecular complexity index is 1380. The number of hydrogen-bond donors (Lipinski definition) is 2. The maximum absolute atomic E-state index is 12.9. The molecule has 1 aliphatic rings. The molecule has 4 aromatic rings. The minimum atomic E-state index is -3.54. The number of nitrogens with one attached hydrogen (secondary N) is 1. The van der Waals surface area contributed by atoms with Gasteiger partial charge in [0.15, 0.2) is 11.5 Å². The second-order valence-corrected chi connectivity index (χ2v) is 9.38. The predicted molar refractivity (Wildman–Crippen MR) is 129 cm³/mol. The van der Waals surface area contributed by atoms with Crippen molar-refractivity contribution in [3.63, 3.8) is 0 Å². The van der Waals surface area contributed by atoms with Gasteiger partial charge >= 0.3 is 0 Å². The number of nitrogen functional groups attached to an aromatic ring is 1. The molecule has 5 rings (SSSR count). The van der Waals surface area contributed by atoms with E-state index in [4.69, 9.17) is 10.2 Å². The van der Waals surface area contributed by atoms with Crippen LogP contribution in [-0.4, -0.2) is 59.1 Å². The summed E-state index contributed by atoms with van der Waals surface area (Å²) in [4.78, 5) is 9.00. The van der Waals surface area contributed by atoms with Crippen LogP contribution in [0.5, 0.6) is 0 Å². The number of sulfonamides is 1. The van der Waals surface area contributed by atoms with E-state index in [1.54, 1.807) is 24.3 Å². The molecule has 0 radical (unpaired) electrons. The fourth-order valence-electron chi connectivity index (χ4n) is 3.54. The van der Waals surface area contributed by atoms with E-state index in [9.17, 15) is 8.42 Å². The number of aromatic nitrogens is 4. The molecule has 2 aromatic heterocycles. The number of anilines is 1. The molecule has 0 unspecified atom stereocenters. The van der Waals surface area contributed by atoms with Crippen LogP contribution in [0, 0.1) is 0 Å². The molecule has 33 heavy (non-hydrogen) atoms. The molecule has 3 heterocycles. The Kier molecular flexibility index (Phi) is 5.58. The van der Waals surface area contributed by atoms with Crippen molar-refractivity contribution in [2.45, 2.75) is 4.90 Å². The number of hydrogen-bond acceptors (Lipinski definition) is 9. The van der Waals surface area contributed by atoms with Crippen LogP contribution in [-0.2, 0) is 10.0 Å². The van der Waals surface area contributed by atoms with Crippen molar-refractivity contribution in [3.05, 3.63) is 60.8 Å². The number of benzene rings is 2. The monoisotopic (exact) mass is 469 g/mol. The van der Waals surface area contributed by atoms with Gasteiger partial charge in [0.2, 0.25) is 15.9 Å². The van der Waals surface area contributed by atoms with Crippen LogP contribution in [0.25, 0.3) is 34.3 Å². The molecular formula is C22H27N7O3S. The Morgan fingerprint density at radius 3 is 2.36 bits per heavy atom. The van der Waals surface area contributed by atoms with E-state index in [1.165, 1.54) is 10.5 Å². The van der Waals surface area contributed by atoms with Crippen LogP contribution in [0.15, 0.2) is 70.1 Å². The third kappa shape index (κ3) is 4.21. The molecule has 0 atom stereocenters. The lowest BCUT2D eigenvalue weighted by molar-refractivity contribution is 0.360. The highest BCUT2D eigenvalue weighted by atomic mass is 32.2. The minimum Gasteiger partial charge on any atom is -0.414 e. The maximum Gasteiger partial charge on any atom is 0.270 e. The van der Waals surface area contributed by atoms with E-state index >= 15 is 0 Å². The highest BCUT2D eigenvalue weighted by Crippen LogP contribution is 2.28. The Balaban J connectivity index is 0.00000152. The molecule has 0 amide bonds. The van der Waals surface area contributed by atoms with Gasteiger partial charge in [-0.05, 0) is 24.3 Å². The zero-order valence-corrected chi connectivity index (χ0v) is 18.4. The summed E-state index contributed by atoms with van der Waals surface area (Å²) in [5, 5.41) is 11.3. The van der Waals surface area contributed by atoms with Crippen LogP contribution in [0.1, 0.15) is 4.28 Å². The quantitative estimate of drug-likeness (QED) is 0.451. The van der Waals surface area contributed by atoms with E-state index in [1.807, 2.05) is 30.3 Å². The number of nitrogens with two attached hydrogens (primary N) is 1. The van der Waals surface area contributed by atoms with Crippen LogP contribution in [0.2, 0.25) is 0 Å². The van der Waals surface area contributed by atoms with E-state index < -0.39 is 10.0 Å². The average molecular weight is 470 g/mol. The maximum atomic E-state index is 12.9. The van der Waals surface area contributed by atoms with Crippen LogP contribution in [0.3, 0.4) is 0 Å². The standard InChI is InChI=1S/C22H21N7O3S.3H2/c23-20-19(22-28-27-21(32-22)16-4-2-1-3-5-16)26-18(14-25-20)15-6-8-17(9-7-15)33(30,31)29-12-10-24-11-13-29;;;/h1-9,14,24H,10-13H2,(H2,23,25);3*1H. The second-order valence-electron chi connectivity index (χ2n) is 7.45. The summed E-state index contributed by atoms with van der Waals surface area (Å²) in [7, 11) is -3.54. The summed E-state index contributed by atoms with van der Waals surface area (Å²) in [6.45, 7) is 2.18. The first-order valence-corrected chi connectivity index (χ1v) is 11.8. The zero-order chi connectivity index (χ0) is 22.8. The lowest BCUT2D eigenvalue weighted by atomic mass is 10.1. The topological polar surface area (TPSA) is 140 Å². The summed E-state index contributed by atoms with van der Waals surface area (Å²) < 4.78 is 33.0. The van der Waals surface area contributed by atoms with Crippen LogP contribution in [0.4, 0.5) is 5.82 Å². The highest BCUT2D eigenvalue weighted by molar-refractivity contribution is 7.89. The van der Waals surface area contributed by atoms with Gasteiger partial charge in [0, 0.05) is 41.6 Å². The van der Waals surface area contributed by atoms with Gasteiger partial charge in [-0.1, -0.05) is 30.3 Å². The summed E-state index contributed by atoms with van der Waals surface area (Å²) in [6.07, 6.45) is 1.52. The molecule has 0 bridgehead atoms. The highest BCUT2D eigenvalue weighted by Gasteiger charge is 2.25. The van der Waals surface area contributed by atoms with Crippen molar-refractivity contribution in [3.8, 4) is 34.3 Å². The van der Waals surface area contributed by atoms with Crippen LogP contribution >= 0.6 is 0 Å².